The summed E-state index contributed by atoms with van der Waals surface area (Å²) in [7, 11) is 0. The Hall–Kier alpha value is -2.75. The lowest BCUT2D eigenvalue weighted by molar-refractivity contribution is -0.118. The minimum Gasteiger partial charge on any atom is -0.487 e. The SMILES string of the molecule is C=CCOc1ccc(CCC(=O)N(CC)c2ccccc2)cc1N. The quantitative estimate of drug-likeness (QED) is 0.593. The van der Waals surface area contributed by atoms with Crippen LogP contribution in [-0.4, -0.2) is 19.1 Å². The Labute approximate surface area is 143 Å². The summed E-state index contributed by atoms with van der Waals surface area (Å²) >= 11 is 0. The van der Waals surface area contributed by atoms with E-state index >= 15 is 0 Å². The normalized spacial score (nSPS) is 10.2. The zero-order chi connectivity index (χ0) is 17.4. The molecule has 0 aromatic heterocycles. The maximum Gasteiger partial charge on any atom is 0.227 e. The molecule has 0 radical (unpaired) electrons. The van der Waals surface area contributed by atoms with Gasteiger partial charge in [0.05, 0.1) is 5.69 Å². The van der Waals surface area contributed by atoms with Gasteiger partial charge >= 0.3 is 0 Å². The highest BCUT2D eigenvalue weighted by Crippen LogP contribution is 2.23. The Balaban J connectivity index is 1.98. The van der Waals surface area contributed by atoms with Crippen molar-refractivity contribution in [2.75, 3.05) is 23.8 Å². The molecule has 0 bridgehead atoms. The number of hydrogen-bond acceptors (Lipinski definition) is 3. The van der Waals surface area contributed by atoms with E-state index in [9.17, 15) is 4.79 Å². The molecule has 4 heteroatoms. The number of rotatable bonds is 8. The van der Waals surface area contributed by atoms with Gasteiger partial charge in [-0.15, -0.1) is 0 Å². The lowest BCUT2D eigenvalue weighted by atomic mass is 10.1. The number of anilines is 2. The van der Waals surface area contributed by atoms with Gasteiger partial charge in [0.2, 0.25) is 5.91 Å². The molecule has 2 aromatic carbocycles. The van der Waals surface area contributed by atoms with E-state index in [-0.39, 0.29) is 5.91 Å². The molecule has 0 unspecified atom stereocenters. The molecule has 126 valence electrons. The van der Waals surface area contributed by atoms with Crippen molar-refractivity contribution in [2.24, 2.45) is 0 Å². The van der Waals surface area contributed by atoms with Crippen molar-refractivity contribution in [3.63, 3.8) is 0 Å². The fourth-order valence-corrected chi connectivity index (χ4v) is 2.53. The van der Waals surface area contributed by atoms with Crippen LogP contribution in [0.3, 0.4) is 0 Å². The third-order valence-electron chi connectivity index (χ3n) is 3.74. The van der Waals surface area contributed by atoms with Crippen molar-refractivity contribution in [1.29, 1.82) is 0 Å². The molecule has 0 saturated heterocycles. The molecule has 0 spiro atoms. The number of nitrogens with zero attached hydrogens (tertiary/aromatic N) is 1. The summed E-state index contributed by atoms with van der Waals surface area (Å²) in [5, 5.41) is 0. The van der Waals surface area contributed by atoms with Gasteiger partial charge in [-0.25, -0.2) is 0 Å². The number of carbonyl (C=O) groups is 1. The van der Waals surface area contributed by atoms with Gasteiger partial charge in [-0.1, -0.05) is 36.9 Å². The summed E-state index contributed by atoms with van der Waals surface area (Å²) < 4.78 is 5.46. The van der Waals surface area contributed by atoms with Crippen LogP contribution in [0.25, 0.3) is 0 Å². The molecular formula is C20H24N2O2. The van der Waals surface area contributed by atoms with Crippen molar-refractivity contribution < 1.29 is 9.53 Å². The smallest absolute Gasteiger partial charge is 0.227 e. The van der Waals surface area contributed by atoms with E-state index in [1.807, 2.05) is 55.5 Å². The van der Waals surface area contributed by atoms with Gasteiger partial charge in [0.25, 0.3) is 0 Å². The predicted octanol–water partition coefficient (Wildman–Crippen LogP) is 3.82. The fraction of sp³-hybridized carbons (Fsp3) is 0.250. The summed E-state index contributed by atoms with van der Waals surface area (Å²) in [5.41, 5.74) is 8.52. The fourth-order valence-electron chi connectivity index (χ4n) is 2.53. The number of benzene rings is 2. The van der Waals surface area contributed by atoms with Gasteiger partial charge in [0.1, 0.15) is 12.4 Å². The van der Waals surface area contributed by atoms with E-state index in [0.717, 1.165) is 11.3 Å². The molecule has 0 fully saturated rings. The highest BCUT2D eigenvalue weighted by molar-refractivity contribution is 5.93. The summed E-state index contributed by atoms with van der Waals surface area (Å²) in [6, 6.07) is 15.4. The van der Waals surface area contributed by atoms with Crippen LogP contribution in [0.2, 0.25) is 0 Å². The van der Waals surface area contributed by atoms with Crippen molar-refractivity contribution in [3.8, 4) is 5.75 Å². The average molecular weight is 324 g/mol. The Kier molecular flexibility index (Phi) is 6.43. The molecule has 0 heterocycles. The van der Waals surface area contributed by atoms with Crippen molar-refractivity contribution >= 4 is 17.3 Å². The molecular weight excluding hydrogens is 300 g/mol. The van der Waals surface area contributed by atoms with E-state index in [4.69, 9.17) is 10.5 Å². The molecule has 2 aromatic rings. The topological polar surface area (TPSA) is 55.6 Å². The monoisotopic (exact) mass is 324 g/mol. The number of nitrogens with two attached hydrogens (primary N) is 1. The molecule has 2 N–H and O–H groups in total. The molecule has 0 aliphatic rings. The molecule has 0 atom stereocenters. The molecule has 0 saturated carbocycles. The van der Waals surface area contributed by atoms with Crippen molar-refractivity contribution in [2.45, 2.75) is 19.8 Å². The van der Waals surface area contributed by atoms with E-state index in [0.29, 0.717) is 37.4 Å². The minimum absolute atomic E-state index is 0.106. The first-order valence-corrected chi connectivity index (χ1v) is 8.13. The van der Waals surface area contributed by atoms with E-state index in [1.54, 1.807) is 11.0 Å². The third kappa shape index (κ3) is 4.62. The van der Waals surface area contributed by atoms with Gasteiger partial charge in [-0.3, -0.25) is 4.79 Å². The average Bonchev–Trinajstić information content (AvgIpc) is 2.61. The first-order valence-electron chi connectivity index (χ1n) is 8.13. The summed E-state index contributed by atoms with van der Waals surface area (Å²) in [6.45, 7) is 6.67. The van der Waals surface area contributed by atoms with Crippen molar-refractivity contribution in [3.05, 3.63) is 66.7 Å². The second-order valence-electron chi connectivity index (χ2n) is 5.45. The minimum atomic E-state index is 0.106. The number of nitrogen functional groups attached to an aromatic ring is 1. The Bertz CT molecular complexity index is 683. The first kappa shape index (κ1) is 17.6. The zero-order valence-electron chi connectivity index (χ0n) is 14.1. The predicted molar refractivity (Wildman–Crippen MR) is 99.3 cm³/mol. The lowest BCUT2D eigenvalue weighted by Gasteiger charge is -2.21. The van der Waals surface area contributed by atoms with Crippen LogP contribution in [0.1, 0.15) is 18.9 Å². The van der Waals surface area contributed by atoms with Gasteiger partial charge in [-0.05, 0) is 43.2 Å². The Morgan fingerprint density at radius 1 is 1.25 bits per heavy atom. The second kappa shape index (κ2) is 8.77. The molecule has 1 amide bonds. The van der Waals surface area contributed by atoms with Crippen LogP contribution in [0.15, 0.2) is 61.2 Å². The molecule has 24 heavy (non-hydrogen) atoms. The van der Waals surface area contributed by atoms with Crippen LogP contribution in [0, 0.1) is 0 Å². The van der Waals surface area contributed by atoms with Gasteiger partial charge in [-0.2, -0.15) is 0 Å². The molecule has 4 nitrogen and oxygen atoms in total. The number of hydrogen-bond donors (Lipinski definition) is 1. The standard InChI is InChI=1S/C20H24N2O2/c1-3-14-24-19-12-10-16(15-18(19)21)11-13-20(23)22(4-2)17-8-6-5-7-9-17/h3,5-10,12,15H,1,4,11,13-14,21H2,2H3. The third-order valence-corrected chi connectivity index (χ3v) is 3.74. The summed E-state index contributed by atoms with van der Waals surface area (Å²) in [6.07, 6.45) is 2.76. The second-order valence-corrected chi connectivity index (χ2v) is 5.45. The Morgan fingerprint density at radius 3 is 2.62 bits per heavy atom. The van der Waals surface area contributed by atoms with E-state index in [2.05, 4.69) is 6.58 Å². The summed E-state index contributed by atoms with van der Waals surface area (Å²) in [4.78, 5) is 14.3. The van der Waals surface area contributed by atoms with Gasteiger partial charge < -0.3 is 15.4 Å². The van der Waals surface area contributed by atoms with E-state index in [1.165, 1.54) is 0 Å². The maximum atomic E-state index is 12.5. The maximum absolute atomic E-state index is 12.5. The first-order chi connectivity index (χ1) is 11.7. The number of ether oxygens (including phenoxy) is 1. The summed E-state index contributed by atoms with van der Waals surface area (Å²) in [5.74, 6) is 0.749. The lowest BCUT2D eigenvalue weighted by Crippen LogP contribution is -2.30. The zero-order valence-corrected chi connectivity index (χ0v) is 14.1. The molecule has 2 rings (SSSR count). The number of carbonyl (C=O) groups excluding carboxylic acids is 1. The number of amides is 1. The van der Waals surface area contributed by atoms with E-state index < -0.39 is 0 Å². The van der Waals surface area contributed by atoms with Crippen LogP contribution in [0.4, 0.5) is 11.4 Å². The molecule has 0 aliphatic heterocycles. The highest BCUT2D eigenvalue weighted by Gasteiger charge is 2.13. The van der Waals surface area contributed by atoms with Gasteiger partial charge in [0, 0.05) is 18.7 Å². The van der Waals surface area contributed by atoms with Crippen LogP contribution in [-0.2, 0) is 11.2 Å². The van der Waals surface area contributed by atoms with Crippen molar-refractivity contribution in [1.82, 2.24) is 0 Å². The number of para-hydroxylation sites is 1. The Morgan fingerprint density at radius 2 is 2.00 bits per heavy atom. The highest BCUT2D eigenvalue weighted by atomic mass is 16.5. The van der Waals surface area contributed by atoms with Gasteiger partial charge in [0.15, 0.2) is 0 Å². The largest absolute Gasteiger partial charge is 0.487 e. The molecule has 0 aliphatic carbocycles. The van der Waals surface area contributed by atoms with Crippen LogP contribution in [0.5, 0.6) is 5.75 Å². The van der Waals surface area contributed by atoms with Crippen LogP contribution >= 0.6 is 0 Å². The van der Waals surface area contributed by atoms with Crippen LogP contribution < -0.4 is 15.4 Å². The number of aryl methyl sites for hydroxylation is 1.